The number of nitriles is 1. The maximum atomic E-state index is 12.3. The van der Waals surface area contributed by atoms with Gasteiger partial charge in [-0.15, -0.1) is 0 Å². The van der Waals surface area contributed by atoms with Gasteiger partial charge < -0.3 is 9.73 Å². The van der Waals surface area contributed by atoms with Crippen molar-refractivity contribution >= 4 is 5.91 Å². The van der Waals surface area contributed by atoms with Crippen LogP contribution in [0.4, 0.5) is 0 Å². The number of amides is 1. The number of nitrogens with zero attached hydrogens (tertiary/aromatic N) is 3. The maximum absolute atomic E-state index is 12.3. The van der Waals surface area contributed by atoms with Crippen molar-refractivity contribution < 1.29 is 9.21 Å². The fourth-order valence-electron chi connectivity index (χ4n) is 3.44. The van der Waals surface area contributed by atoms with Gasteiger partial charge in [0.25, 0.3) is 5.91 Å². The van der Waals surface area contributed by atoms with Crippen LogP contribution >= 0.6 is 0 Å². The van der Waals surface area contributed by atoms with E-state index in [0.717, 1.165) is 35.1 Å². The lowest BCUT2D eigenvalue weighted by Crippen LogP contribution is -2.44. The minimum absolute atomic E-state index is 0.142. The van der Waals surface area contributed by atoms with E-state index in [0.29, 0.717) is 18.1 Å². The molecule has 0 saturated heterocycles. The number of aryl methyl sites for hydroxylation is 1. The van der Waals surface area contributed by atoms with Crippen LogP contribution in [0.3, 0.4) is 0 Å². The Hall–Kier alpha value is -3.33. The summed E-state index contributed by atoms with van der Waals surface area (Å²) in [6, 6.07) is 12.2. The number of nitrogens with one attached hydrogen (secondary N) is 1. The molecule has 136 valence electrons. The summed E-state index contributed by atoms with van der Waals surface area (Å²) in [5, 5.41) is 15.8. The molecule has 2 heterocycles. The van der Waals surface area contributed by atoms with Crippen LogP contribution in [0.5, 0.6) is 0 Å². The normalized spacial score (nSPS) is 18.5. The third-order valence-electron chi connectivity index (χ3n) is 5.03. The molecule has 2 aromatic heterocycles. The second-order valence-corrected chi connectivity index (χ2v) is 7.05. The maximum Gasteiger partial charge on any atom is 0.287 e. The van der Waals surface area contributed by atoms with Gasteiger partial charge in [0.15, 0.2) is 5.76 Å². The van der Waals surface area contributed by atoms with E-state index < -0.39 is 0 Å². The molecule has 3 aromatic rings. The lowest BCUT2D eigenvalue weighted by Gasteiger charge is -2.34. The summed E-state index contributed by atoms with van der Waals surface area (Å²) in [5.74, 6) is 0.518. The highest BCUT2D eigenvalue weighted by atomic mass is 16.3. The van der Waals surface area contributed by atoms with E-state index in [-0.39, 0.29) is 11.9 Å². The first-order chi connectivity index (χ1) is 13.1. The number of carbonyl (C=O) groups excluding carboxylic acids is 1. The van der Waals surface area contributed by atoms with Crippen molar-refractivity contribution in [2.75, 3.05) is 0 Å². The summed E-state index contributed by atoms with van der Waals surface area (Å²) in [4.78, 5) is 12.3. The zero-order valence-corrected chi connectivity index (χ0v) is 15.1. The van der Waals surface area contributed by atoms with Gasteiger partial charge in [-0.25, -0.2) is 0 Å². The summed E-state index contributed by atoms with van der Waals surface area (Å²) in [6.45, 7) is 0. The van der Waals surface area contributed by atoms with Gasteiger partial charge in [0.1, 0.15) is 0 Å². The molecule has 6 heteroatoms. The molecular formula is C21H20N4O2. The van der Waals surface area contributed by atoms with Crippen molar-refractivity contribution in [2.45, 2.75) is 25.3 Å². The Morgan fingerprint density at radius 3 is 2.59 bits per heavy atom. The first-order valence-corrected chi connectivity index (χ1v) is 8.98. The van der Waals surface area contributed by atoms with Crippen molar-refractivity contribution in [1.29, 1.82) is 5.26 Å². The lowest BCUT2D eigenvalue weighted by atomic mass is 9.78. The van der Waals surface area contributed by atoms with Crippen molar-refractivity contribution in [1.82, 2.24) is 15.1 Å². The summed E-state index contributed by atoms with van der Waals surface area (Å²) in [7, 11) is 1.89. The highest BCUT2D eigenvalue weighted by Crippen LogP contribution is 2.30. The van der Waals surface area contributed by atoms with Gasteiger partial charge in [-0.05, 0) is 36.0 Å². The van der Waals surface area contributed by atoms with Gasteiger partial charge >= 0.3 is 0 Å². The predicted molar refractivity (Wildman–Crippen MR) is 101 cm³/mol. The van der Waals surface area contributed by atoms with Gasteiger partial charge in [0.2, 0.25) is 0 Å². The number of rotatable bonds is 5. The zero-order valence-electron chi connectivity index (χ0n) is 15.1. The Bertz CT molecular complexity index is 988. The van der Waals surface area contributed by atoms with Crippen molar-refractivity contribution in [3.8, 4) is 28.3 Å². The summed E-state index contributed by atoms with van der Waals surface area (Å²) < 4.78 is 7.24. The van der Waals surface area contributed by atoms with Crippen molar-refractivity contribution in [3.63, 3.8) is 0 Å². The molecule has 4 rings (SSSR count). The Morgan fingerprint density at radius 2 is 1.96 bits per heavy atom. The quantitative estimate of drug-likeness (QED) is 0.751. The van der Waals surface area contributed by atoms with Crippen molar-refractivity contribution in [2.24, 2.45) is 13.0 Å². The monoisotopic (exact) mass is 360 g/mol. The number of furan rings is 1. The summed E-state index contributed by atoms with van der Waals surface area (Å²) >= 11 is 0. The van der Waals surface area contributed by atoms with Gasteiger partial charge in [-0.3, -0.25) is 9.48 Å². The molecule has 0 aliphatic heterocycles. The molecule has 1 aliphatic carbocycles. The van der Waals surface area contributed by atoms with Crippen LogP contribution in [0.15, 0.2) is 53.4 Å². The zero-order chi connectivity index (χ0) is 18.8. The van der Waals surface area contributed by atoms with E-state index in [9.17, 15) is 4.79 Å². The van der Waals surface area contributed by atoms with Gasteiger partial charge in [0, 0.05) is 36.8 Å². The number of hydrogen-bond donors (Lipinski definition) is 1. The smallest absolute Gasteiger partial charge is 0.287 e. The second kappa shape index (κ2) is 7.12. The molecule has 1 N–H and O–H groups in total. The average molecular weight is 360 g/mol. The molecule has 1 aliphatic rings. The highest BCUT2D eigenvalue weighted by molar-refractivity contribution is 5.93. The van der Waals surface area contributed by atoms with E-state index in [2.05, 4.69) is 16.5 Å². The third kappa shape index (κ3) is 3.63. The fraction of sp³-hybridized carbons (Fsp3) is 0.286. The van der Waals surface area contributed by atoms with E-state index in [1.165, 1.54) is 0 Å². The molecule has 0 atom stereocenters. The number of benzene rings is 1. The molecule has 0 radical (unpaired) electrons. The molecule has 27 heavy (non-hydrogen) atoms. The van der Waals surface area contributed by atoms with Crippen LogP contribution in [0.25, 0.3) is 22.3 Å². The average Bonchev–Trinajstić information content (AvgIpc) is 3.29. The Balaban J connectivity index is 1.40. The van der Waals surface area contributed by atoms with Crippen LogP contribution in [0.2, 0.25) is 0 Å². The summed E-state index contributed by atoms with van der Waals surface area (Å²) in [6.07, 6.45) is 7.69. The molecule has 1 saturated carbocycles. The highest BCUT2D eigenvalue weighted by Gasteiger charge is 2.30. The molecule has 6 nitrogen and oxygen atoms in total. The van der Waals surface area contributed by atoms with Gasteiger partial charge in [-0.2, -0.15) is 10.4 Å². The van der Waals surface area contributed by atoms with E-state index in [1.54, 1.807) is 17.0 Å². The SMILES string of the molecule is Cn1cc(-c2ccc(-c3coc(C(=O)NC4CC(CC#N)C4)c3)cc2)cn1. The largest absolute Gasteiger partial charge is 0.459 e. The molecule has 0 spiro atoms. The van der Waals surface area contributed by atoms with Crippen LogP contribution in [0.1, 0.15) is 29.8 Å². The number of carbonyl (C=O) groups is 1. The number of aromatic nitrogens is 2. The third-order valence-corrected chi connectivity index (χ3v) is 5.03. The van der Waals surface area contributed by atoms with Crippen LogP contribution in [-0.4, -0.2) is 21.7 Å². The predicted octanol–water partition coefficient (Wildman–Crippen LogP) is 3.77. The lowest BCUT2D eigenvalue weighted by molar-refractivity contribution is 0.0863. The van der Waals surface area contributed by atoms with E-state index in [1.807, 2.05) is 43.7 Å². The minimum atomic E-state index is -0.200. The molecule has 0 unspecified atom stereocenters. The minimum Gasteiger partial charge on any atom is -0.459 e. The van der Waals surface area contributed by atoms with Gasteiger partial charge in [-0.1, -0.05) is 24.3 Å². The Labute approximate surface area is 157 Å². The molecular weight excluding hydrogens is 340 g/mol. The molecule has 0 bridgehead atoms. The Morgan fingerprint density at radius 1 is 1.26 bits per heavy atom. The fourth-order valence-corrected chi connectivity index (χ4v) is 3.44. The molecule has 1 amide bonds. The molecule has 1 fully saturated rings. The molecule has 1 aromatic carbocycles. The van der Waals surface area contributed by atoms with Crippen molar-refractivity contribution in [3.05, 3.63) is 54.7 Å². The topological polar surface area (TPSA) is 83.9 Å². The van der Waals surface area contributed by atoms with Crippen LogP contribution in [-0.2, 0) is 7.05 Å². The van der Waals surface area contributed by atoms with E-state index >= 15 is 0 Å². The number of hydrogen-bond acceptors (Lipinski definition) is 4. The Kier molecular flexibility index (Phi) is 4.51. The first-order valence-electron chi connectivity index (χ1n) is 8.98. The van der Waals surface area contributed by atoms with Gasteiger partial charge in [0.05, 0.1) is 18.5 Å². The summed E-state index contributed by atoms with van der Waals surface area (Å²) in [5.41, 5.74) is 4.01. The van der Waals surface area contributed by atoms with Crippen LogP contribution < -0.4 is 5.32 Å². The van der Waals surface area contributed by atoms with Crippen LogP contribution in [0, 0.1) is 17.2 Å². The standard InChI is InChI=1S/C21H20N4O2/c1-25-12-18(11-23-25)16-4-2-15(3-5-16)17-10-20(27-13-17)21(26)24-19-8-14(9-19)6-7-22/h2-5,10-14,19H,6,8-9H2,1H3,(H,24,26). The first kappa shape index (κ1) is 17.1. The second-order valence-electron chi connectivity index (χ2n) is 7.05. The van der Waals surface area contributed by atoms with E-state index in [4.69, 9.17) is 9.68 Å².